The molecule has 0 saturated heterocycles. The summed E-state index contributed by atoms with van der Waals surface area (Å²) >= 11 is 0. The highest BCUT2D eigenvalue weighted by Crippen LogP contribution is 2.49. The summed E-state index contributed by atoms with van der Waals surface area (Å²) in [5.74, 6) is -0.581. The van der Waals surface area contributed by atoms with Gasteiger partial charge in [-0.25, -0.2) is 4.90 Å². The van der Waals surface area contributed by atoms with E-state index in [2.05, 4.69) is 47.0 Å². The summed E-state index contributed by atoms with van der Waals surface area (Å²) < 4.78 is 0. The maximum Gasteiger partial charge on any atom is 0.265 e. The molecule has 0 aliphatic carbocycles. The molecule has 0 bridgehead atoms. The van der Waals surface area contributed by atoms with E-state index in [0.29, 0.717) is 16.8 Å². The van der Waals surface area contributed by atoms with Crippen LogP contribution in [0.4, 0.5) is 28.4 Å². The molecular formula is C34H19N3O2. The van der Waals surface area contributed by atoms with E-state index in [1.807, 2.05) is 54.6 Å². The first kappa shape index (κ1) is 20.6. The third-order valence-corrected chi connectivity index (χ3v) is 8.25. The quantitative estimate of drug-likeness (QED) is 0.135. The Hall–Kier alpha value is -5.42. The second-order valence-corrected chi connectivity index (χ2v) is 10.2. The van der Waals surface area contributed by atoms with Gasteiger partial charge in [-0.3, -0.25) is 9.59 Å². The SMILES string of the molecule is O=C1c2ccc3c4ccc5c6c(ccc(c7ccc(c2c37)C(=O)N1c1ccccc1)c64)Nc1ccccc1N5. The maximum atomic E-state index is 13.7. The normalized spacial score (nSPS) is 14.1. The number of imide groups is 1. The van der Waals surface area contributed by atoms with Crippen LogP contribution in [0.2, 0.25) is 0 Å². The summed E-state index contributed by atoms with van der Waals surface area (Å²) in [6, 6.07) is 33.8. The Morgan fingerprint density at radius 1 is 0.410 bits per heavy atom. The lowest BCUT2D eigenvalue weighted by Crippen LogP contribution is -2.40. The summed E-state index contributed by atoms with van der Waals surface area (Å²) in [6.45, 7) is 0. The zero-order valence-electron chi connectivity index (χ0n) is 20.6. The van der Waals surface area contributed by atoms with Gasteiger partial charge in [0.2, 0.25) is 0 Å². The molecule has 39 heavy (non-hydrogen) atoms. The number of benzene rings is 7. The van der Waals surface area contributed by atoms with Crippen LogP contribution in [0, 0.1) is 0 Å². The zero-order valence-corrected chi connectivity index (χ0v) is 20.6. The fraction of sp³-hybridized carbons (Fsp3) is 0. The number of anilines is 5. The zero-order chi connectivity index (χ0) is 25.8. The van der Waals surface area contributed by atoms with Gasteiger partial charge in [-0.1, -0.05) is 54.6 Å². The Kier molecular flexibility index (Phi) is 3.76. The molecule has 7 aromatic carbocycles. The number of rotatable bonds is 1. The van der Waals surface area contributed by atoms with Crippen LogP contribution in [0.5, 0.6) is 0 Å². The van der Waals surface area contributed by atoms with Crippen molar-refractivity contribution in [3.05, 3.63) is 114 Å². The number of hydrogen-bond acceptors (Lipinski definition) is 4. The predicted molar refractivity (Wildman–Crippen MR) is 158 cm³/mol. The van der Waals surface area contributed by atoms with Crippen LogP contribution >= 0.6 is 0 Å². The van der Waals surface area contributed by atoms with E-state index in [9.17, 15) is 9.59 Å². The molecule has 0 unspecified atom stereocenters. The highest BCUT2D eigenvalue weighted by Gasteiger charge is 2.35. The number of carbonyl (C=O) groups excluding carboxylic acids is 2. The molecule has 9 rings (SSSR count). The van der Waals surface area contributed by atoms with Gasteiger partial charge in [-0.05, 0) is 75.5 Å². The topological polar surface area (TPSA) is 61.4 Å². The minimum Gasteiger partial charge on any atom is -0.353 e. The molecule has 5 heteroatoms. The average Bonchev–Trinajstić information content (AvgIpc) is 3.14. The molecular weight excluding hydrogens is 482 g/mol. The Labute approximate surface area is 222 Å². The van der Waals surface area contributed by atoms with Crippen molar-refractivity contribution >= 4 is 83.3 Å². The lowest BCUT2D eigenvalue weighted by molar-refractivity contribution is 0.0893. The van der Waals surface area contributed by atoms with Crippen LogP contribution in [-0.4, -0.2) is 11.8 Å². The van der Waals surface area contributed by atoms with E-state index < -0.39 is 0 Å². The summed E-state index contributed by atoms with van der Waals surface area (Å²) in [4.78, 5) is 28.8. The van der Waals surface area contributed by atoms with Gasteiger partial charge in [0.1, 0.15) is 0 Å². The molecule has 0 fully saturated rings. The van der Waals surface area contributed by atoms with E-state index in [1.165, 1.54) is 4.90 Å². The molecule has 0 radical (unpaired) electrons. The van der Waals surface area contributed by atoms with Gasteiger partial charge in [0.15, 0.2) is 0 Å². The molecule has 2 heterocycles. The first-order valence-electron chi connectivity index (χ1n) is 13.0. The highest BCUT2D eigenvalue weighted by atomic mass is 16.2. The second-order valence-electron chi connectivity index (χ2n) is 10.2. The molecule has 2 amide bonds. The first-order valence-corrected chi connectivity index (χ1v) is 13.0. The maximum absolute atomic E-state index is 13.7. The van der Waals surface area contributed by atoms with Crippen molar-refractivity contribution in [2.75, 3.05) is 15.5 Å². The Morgan fingerprint density at radius 3 is 1.41 bits per heavy atom. The fourth-order valence-electron chi connectivity index (χ4n) is 6.59. The molecule has 2 aliphatic rings. The molecule has 182 valence electrons. The summed E-state index contributed by atoms with van der Waals surface area (Å²) in [5, 5.41) is 15.5. The van der Waals surface area contributed by atoms with Gasteiger partial charge < -0.3 is 10.6 Å². The number of amides is 2. The summed E-state index contributed by atoms with van der Waals surface area (Å²) in [5.41, 5.74) is 5.83. The van der Waals surface area contributed by atoms with Crippen molar-refractivity contribution in [1.82, 2.24) is 0 Å². The van der Waals surface area contributed by atoms with E-state index in [0.717, 1.165) is 65.8 Å². The van der Waals surface area contributed by atoms with E-state index in [-0.39, 0.29) is 11.8 Å². The van der Waals surface area contributed by atoms with Crippen LogP contribution in [0.15, 0.2) is 103 Å². The minimum atomic E-state index is -0.291. The fourth-order valence-corrected chi connectivity index (χ4v) is 6.59. The number of fused-ring (bicyclic) bond motifs is 3. The molecule has 0 atom stereocenters. The lowest BCUT2D eigenvalue weighted by Gasteiger charge is -2.28. The molecule has 2 aliphatic heterocycles. The van der Waals surface area contributed by atoms with Gasteiger partial charge in [0.25, 0.3) is 11.8 Å². The van der Waals surface area contributed by atoms with E-state index in [4.69, 9.17) is 0 Å². The van der Waals surface area contributed by atoms with Crippen molar-refractivity contribution in [2.45, 2.75) is 0 Å². The molecule has 5 nitrogen and oxygen atoms in total. The summed E-state index contributed by atoms with van der Waals surface area (Å²) in [7, 11) is 0. The van der Waals surface area contributed by atoms with Crippen molar-refractivity contribution < 1.29 is 9.59 Å². The average molecular weight is 502 g/mol. The number of nitrogens with one attached hydrogen (secondary N) is 2. The molecule has 0 spiro atoms. The third-order valence-electron chi connectivity index (χ3n) is 8.25. The van der Waals surface area contributed by atoms with Gasteiger partial charge in [0.05, 0.1) is 17.1 Å². The lowest BCUT2D eigenvalue weighted by atomic mass is 9.84. The van der Waals surface area contributed by atoms with Crippen LogP contribution in [0.3, 0.4) is 0 Å². The van der Waals surface area contributed by atoms with Gasteiger partial charge in [-0.2, -0.15) is 0 Å². The second kappa shape index (κ2) is 7.11. The molecule has 7 aromatic rings. The Morgan fingerprint density at radius 2 is 0.872 bits per heavy atom. The third kappa shape index (κ3) is 2.54. The van der Waals surface area contributed by atoms with Crippen molar-refractivity contribution in [3.8, 4) is 0 Å². The smallest absolute Gasteiger partial charge is 0.265 e. The van der Waals surface area contributed by atoms with E-state index in [1.54, 1.807) is 12.1 Å². The van der Waals surface area contributed by atoms with Gasteiger partial charge in [-0.15, -0.1) is 0 Å². The van der Waals surface area contributed by atoms with Crippen molar-refractivity contribution in [1.29, 1.82) is 0 Å². The molecule has 0 aromatic heterocycles. The molecule has 0 saturated carbocycles. The minimum absolute atomic E-state index is 0.291. The standard InChI is InChI=1S/C34H19N3O2/c38-33-23-12-10-19-21-14-16-27-32-28(36-26-9-5-4-8-25(26)35-27)17-15-22(30(21)32)20-11-13-24(31(23)29(19)20)34(39)37(33)18-6-2-1-3-7-18/h1-17,35-36H. The monoisotopic (exact) mass is 501 g/mol. The summed E-state index contributed by atoms with van der Waals surface area (Å²) in [6.07, 6.45) is 0. The first-order chi connectivity index (χ1) is 19.2. The Balaban J connectivity index is 1.38. The van der Waals surface area contributed by atoms with Crippen molar-refractivity contribution in [2.24, 2.45) is 0 Å². The van der Waals surface area contributed by atoms with Gasteiger partial charge >= 0.3 is 0 Å². The Bertz CT molecular complexity index is 2090. The van der Waals surface area contributed by atoms with E-state index >= 15 is 0 Å². The van der Waals surface area contributed by atoms with Crippen LogP contribution in [0.25, 0.3) is 43.1 Å². The van der Waals surface area contributed by atoms with Crippen LogP contribution in [0.1, 0.15) is 20.7 Å². The highest BCUT2D eigenvalue weighted by molar-refractivity contribution is 6.43. The number of hydrogen-bond donors (Lipinski definition) is 2. The number of nitrogens with zero attached hydrogens (tertiary/aromatic N) is 1. The van der Waals surface area contributed by atoms with Crippen LogP contribution in [-0.2, 0) is 0 Å². The van der Waals surface area contributed by atoms with Crippen LogP contribution < -0.4 is 15.5 Å². The van der Waals surface area contributed by atoms with Gasteiger partial charge in [0, 0.05) is 38.7 Å². The number of para-hydroxylation sites is 3. The van der Waals surface area contributed by atoms with Crippen molar-refractivity contribution in [3.63, 3.8) is 0 Å². The largest absolute Gasteiger partial charge is 0.353 e. The molecule has 2 N–H and O–H groups in total. The number of carbonyl (C=O) groups is 2. The predicted octanol–water partition coefficient (Wildman–Crippen LogP) is 8.34.